The molecule has 0 aliphatic heterocycles. The number of hydrogen-bond acceptors (Lipinski definition) is 2. The zero-order valence-electron chi connectivity index (χ0n) is 11.5. The molecule has 0 atom stereocenters. The van der Waals surface area contributed by atoms with Crippen LogP contribution in [0.25, 0.3) is 0 Å². The molecule has 0 bridgehead atoms. The molecule has 2 aromatic carbocycles. The quantitative estimate of drug-likeness (QED) is 0.337. The highest BCUT2D eigenvalue weighted by Crippen LogP contribution is 2.10. The molecule has 3 heteroatoms. The molecule has 0 aromatic heterocycles. The summed E-state index contributed by atoms with van der Waals surface area (Å²) in [6.45, 7) is 7.29. The Balaban J connectivity index is 2.03. The van der Waals surface area contributed by atoms with Crippen molar-refractivity contribution in [2.75, 3.05) is 0 Å². The van der Waals surface area contributed by atoms with Crippen molar-refractivity contribution < 1.29 is 30.7 Å². The molecule has 0 radical (unpaired) electrons. The minimum atomic E-state index is -0.383. The number of esters is 1. The van der Waals surface area contributed by atoms with E-state index in [-0.39, 0.29) is 27.2 Å². The van der Waals surface area contributed by atoms with Crippen LogP contribution in [0.1, 0.15) is 12.5 Å². The second-order valence-corrected chi connectivity index (χ2v) is 7.54. The number of rotatable bonds is 4. The van der Waals surface area contributed by atoms with Crippen molar-refractivity contribution in [2.24, 2.45) is 0 Å². The first-order valence-corrected chi connectivity index (χ1v) is 8.39. The predicted molar refractivity (Wildman–Crippen MR) is 75.5 cm³/mol. The summed E-state index contributed by atoms with van der Waals surface area (Å²) >= 11 is -0.189. The summed E-state index contributed by atoms with van der Waals surface area (Å²) < 4.78 is 7.84. The smallest absolute Gasteiger partial charge is 0.357 e. The van der Waals surface area contributed by atoms with Crippen LogP contribution in [0.2, 0.25) is 0 Å². The van der Waals surface area contributed by atoms with Gasteiger partial charge in [0.1, 0.15) is 5.75 Å². The summed E-state index contributed by atoms with van der Waals surface area (Å²) in [4.78, 5) is 11.4. The monoisotopic (exact) mass is 379 g/mol. The lowest BCUT2D eigenvalue weighted by molar-refractivity contribution is -0.597. The molecule has 2 rings (SSSR count). The predicted octanol–water partition coefficient (Wildman–Crippen LogP) is 0.605. The van der Waals surface area contributed by atoms with E-state index in [9.17, 15) is 4.79 Å². The summed E-state index contributed by atoms with van der Waals surface area (Å²) in [5.74, 6) is 0.181. The highest BCUT2D eigenvalue weighted by atomic mass is 127. The molecule has 0 N–H and O–H groups in total. The fourth-order valence-corrected chi connectivity index (χ4v) is 3.64. The van der Waals surface area contributed by atoms with Crippen molar-refractivity contribution in [3.8, 4) is 5.75 Å². The molecular formula is C17H16IO2+. The van der Waals surface area contributed by atoms with Gasteiger partial charge in [-0.15, -0.1) is 0 Å². The van der Waals surface area contributed by atoms with Crippen LogP contribution in [0.15, 0.2) is 60.7 Å². The number of benzene rings is 2. The molecule has 0 amide bonds. The average molecular weight is 379 g/mol. The molecule has 0 heterocycles. The van der Waals surface area contributed by atoms with Crippen LogP contribution < -0.4 is 25.9 Å². The van der Waals surface area contributed by atoms with Crippen LogP contribution in [0.3, 0.4) is 0 Å². The van der Waals surface area contributed by atoms with E-state index in [1.165, 1.54) is 12.7 Å². The van der Waals surface area contributed by atoms with Gasteiger partial charge in [0.05, 0.1) is 0 Å². The minimum Gasteiger partial charge on any atom is -0.423 e. The molecule has 0 unspecified atom stereocenters. The fraction of sp³-hybridized carbons (Fsp3) is 0.118. The zero-order chi connectivity index (χ0) is 14.5. The maximum Gasteiger partial charge on any atom is 0.357 e. The maximum atomic E-state index is 11.4. The van der Waals surface area contributed by atoms with Crippen LogP contribution >= 0.6 is 0 Å². The van der Waals surface area contributed by atoms with E-state index in [0.29, 0.717) is 11.3 Å². The summed E-state index contributed by atoms with van der Waals surface area (Å²) in [5.41, 5.74) is 1.68. The lowest BCUT2D eigenvalue weighted by Gasteiger charge is -2.02. The first kappa shape index (κ1) is 14.8. The van der Waals surface area contributed by atoms with E-state index >= 15 is 0 Å². The van der Waals surface area contributed by atoms with Gasteiger partial charge in [0.15, 0.2) is 7.14 Å². The molecule has 102 valence electrons. The fourth-order valence-electron chi connectivity index (χ4n) is 1.48. The zero-order valence-corrected chi connectivity index (χ0v) is 13.7. The van der Waals surface area contributed by atoms with Gasteiger partial charge in [-0.25, -0.2) is 4.79 Å². The van der Waals surface area contributed by atoms with E-state index < -0.39 is 0 Å². The third kappa shape index (κ3) is 4.20. The number of ether oxygens (including phenoxy) is 1. The Morgan fingerprint density at radius 2 is 1.50 bits per heavy atom. The van der Waals surface area contributed by atoms with E-state index in [1.807, 2.05) is 24.3 Å². The highest BCUT2D eigenvalue weighted by Gasteiger charge is 2.15. The number of halogens is 1. The number of carbonyl (C=O) groups is 1. The Morgan fingerprint density at radius 3 is 2.00 bits per heavy atom. The van der Waals surface area contributed by atoms with Gasteiger partial charge in [-0.3, -0.25) is 0 Å². The van der Waals surface area contributed by atoms with Crippen molar-refractivity contribution in [3.05, 3.63) is 73.4 Å². The molecule has 20 heavy (non-hydrogen) atoms. The molecule has 2 nitrogen and oxygen atoms in total. The summed E-state index contributed by atoms with van der Waals surface area (Å²) in [7, 11) is 0. The molecule has 0 saturated heterocycles. The Kier molecular flexibility index (Phi) is 4.95. The lowest BCUT2D eigenvalue weighted by Crippen LogP contribution is -3.61. The van der Waals surface area contributed by atoms with Crippen LogP contribution in [0.5, 0.6) is 5.75 Å². The molecule has 0 aliphatic rings. The molecule has 0 aliphatic carbocycles. The Hall–Kier alpha value is -1.62. The normalized spacial score (nSPS) is 10.1. The largest absolute Gasteiger partial charge is 0.423 e. The topological polar surface area (TPSA) is 26.3 Å². The summed E-state index contributed by atoms with van der Waals surface area (Å²) in [6.07, 6.45) is 0. The number of aryl methyl sites for hydroxylation is 1. The van der Waals surface area contributed by atoms with Crippen molar-refractivity contribution in [2.45, 2.75) is 13.8 Å². The number of hydrogen-bond donors (Lipinski definition) is 0. The van der Waals surface area contributed by atoms with E-state index in [1.54, 1.807) is 6.92 Å². The van der Waals surface area contributed by atoms with Crippen LogP contribution in [-0.2, 0) is 4.79 Å². The summed E-state index contributed by atoms with van der Waals surface area (Å²) in [6, 6.07) is 16.3. The van der Waals surface area contributed by atoms with Gasteiger partial charge in [-0.2, -0.15) is 0 Å². The standard InChI is InChI=1S/C17H16IO2/c1-12(2)17(19)20-16-10-8-15(9-11-16)18-14-6-4-13(3)5-7-14/h4-11H,1H2,2-3H3/q+1. The Bertz CT molecular complexity index is 612. The molecule has 0 spiro atoms. The number of carbonyl (C=O) groups excluding carboxylic acids is 1. The second-order valence-electron chi connectivity index (χ2n) is 4.51. The summed E-state index contributed by atoms with van der Waals surface area (Å²) in [5, 5.41) is 0. The molecule has 0 fully saturated rings. The van der Waals surface area contributed by atoms with Gasteiger partial charge in [0, 0.05) is 5.57 Å². The SMILES string of the molecule is C=C(C)C(=O)Oc1ccc([I+]c2ccc(C)cc2)cc1. The van der Waals surface area contributed by atoms with E-state index in [4.69, 9.17) is 4.74 Å². The van der Waals surface area contributed by atoms with Crippen molar-refractivity contribution in [1.82, 2.24) is 0 Å². The van der Waals surface area contributed by atoms with E-state index in [0.717, 1.165) is 0 Å². The van der Waals surface area contributed by atoms with Crippen LogP contribution in [0, 0.1) is 14.1 Å². The van der Waals surface area contributed by atoms with Gasteiger partial charge >= 0.3 is 27.2 Å². The van der Waals surface area contributed by atoms with Gasteiger partial charge in [0.25, 0.3) is 0 Å². The lowest BCUT2D eigenvalue weighted by atomic mass is 10.2. The van der Waals surface area contributed by atoms with Gasteiger partial charge < -0.3 is 4.74 Å². The average Bonchev–Trinajstić information content (AvgIpc) is 2.43. The van der Waals surface area contributed by atoms with E-state index in [2.05, 4.69) is 37.8 Å². The molecule has 0 saturated carbocycles. The Labute approximate surface area is 129 Å². The van der Waals surface area contributed by atoms with Gasteiger partial charge in [-0.1, -0.05) is 24.3 Å². The molecular weight excluding hydrogens is 363 g/mol. The Morgan fingerprint density at radius 1 is 1.00 bits per heavy atom. The first-order chi connectivity index (χ1) is 9.54. The third-order valence-electron chi connectivity index (χ3n) is 2.60. The van der Waals surface area contributed by atoms with Crippen LogP contribution in [0.4, 0.5) is 0 Å². The van der Waals surface area contributed by atoms with Gasteiger partial charge in [-0.05, 0) is 50.2 Å². The minimum absolute atomic E-state index is 0.189. The van der Waals surface area contributed by atoms with Crippen molar-refractivity contribution in [3.63, 3.8) is 0 Å². The molecule has 2 aromatic rings. The highest BCUT2D eigenvalue weighted by molar-refractivity contribution is 5.88. The van der Waals surface area contributed by atoms with Crippen LogP contribution in [-0.4, -0.2) is 5.97 Å². The van der Waals surface area contributed by atoms with Gasteiger partial charge in [0.2, 0.25) is 0 Å². The first-order valence-electron chi connectivity index (χ1n) is 6.24. The van der Waals surface area contributed by atoms with Crippen molar-refractivity contribution in [1.29, 1.82) is 0 Å². The third-order valence-corrected chi connectivity index (χ3v) is 5.29. The second kappa shape index (κ2) is 6.70. The van der Waals surface area contributed by atoms with Crippen molar-refractivity contribution >= 4 is 5.97 Å². The maximum absolute atomic E-state index is 11.4.